The molecule has 0 saturated carbocycles. The molecule has 0 aromatic heterocycles. The molecule has 0 spiro atoms. The van der Waals surface area contributed by atoms with Gasteiger partial charge in [0.2, 0.25) is 5.82 Å². The van der Waals surface area contributed by atoms with Crippen molar-refractivity contribution in [3.8, 4) is 16.9 Å². The molecule has 7 heteroatoms. The summed E-state index contributed by atoms with van der Waals surface area (Å²) in [6.07, 6.45) is 0. The van der Waals surface area contributed by atoms with Crippen molar-refractivity contribution in [3.63, 3.8) is 0 Å². The summed E-state index contributed by atoms with van der Waals surface area (Å²) in [7, 11) is -4.90. The van der Waals surface area contributed by atoms with Crippen LogP contribution in [0.2, 0.25) is 0 Å². The molecular weight excluding hydrogens is 278 g/mol. The standard InChI is InChI=1S/C12H8F2O4S/c13-11-9(8-4-2-1-3-5-8)6-7-10(12(11)14)18-19(15,16)17/h1-7H,(H,15,16,17). The van der Waals surface area contributed by atoms with Gasteiger partial charge in [0.25, 0.3) is 0 Å². The van der Waals surface area contributed by atoms with E-state index in [1.165, 1.54) is 0 Å². The Morgan fingerprint density at radius 2 is 1.58 bits per heavy atom. The summed E-state index contributed by atoms with van der Waals surface area (Å²) in [4.78, 5) is 0. The fourth-order valence-corrected chi connectivity index (χ4v) is 1.91. The van der Waals surface area contributed by atoms with Gasteiger partial charge in [-0.05, 0) is 17.7 Å². The van der Waals surface area contributed by atoms with E-state index >= 15 is 0 Å². The lowest BCUT2D eigenvalue weighted by molar-refractivity contribution is 0.371. The lowest BCUT2D eigenvalue weighted by Crippen LogP contribution is -2.08. The van der Waals surface area contributed by atoms with Crippen molar-refractivity contribution >= 4 is 10.4 Å². The molecule has 1 N–H and O–H groups in total. The highest BCUT2D eigenvalue weighted by atomic mass is 32.3. The molecule has 0 aliphatic heterocycles. The van der Waals surface area contributed by atoms with Crippen molar-refractivity contribution in [2.45, 2.75) is 0 Å². The topological polar surface area (TPSA) is 63.6 Å². The summed E-state index contributed by atoms with van der Waals surface area (Å²) < 4.78 is 60.7. The maximum atomic E-state index is 13.8. The van der Waals surface area contributed by atoms with Crippen LogP contribution < -0.4 is 4.18 Å². The minimum atomic E-state index is -4.90. The molecule has 0 saturated heterocycles. The number of rotatable bonds is 3. The molecule has 0 fully saturated rings. The highest BCUT2D eigenvalue weighted by Crippen LogP contribution is 2.30. The number of hydrogen-bond acceptors (Lipinski definition) is 3. The Kier molecular flexibility index (Phi) is 3.50. The lowest BCUT2D eigenvalue weighted by atomic mass is 10.0. The first-order valence-corrected chi connectivity index (χ1v) is 6.45. The molecule has 2 rings (SSSR count). The van der Waals surface area contributed by atoms with Gasteiger partial charge in [0.15, 0.2) is 11.6 Å². The number of benzene rings is 2. The van der Waals surface area contributed by atoms with Gasteiger partial charge >= 0.3 is 10.4 Å². The average molecular weight is 286 g/mol. The van der Waals surface area contributed by atoms with Crippen LogP contribution in [-0.4, -0.2) is 13.0 Å². The summed E-state index contributed by atoms with van der Waals surface area (Å²) in [5, 5.41) is 0. The van der Waals surface area contributed by atoms with Crippen LogP contribution in [0.25, 0.3) is 11.1 Å². The molecule has 19 heavy (non-hydrogen) atoms. The van der Waals surface area contributed by atoms with E-state index in [4.69, 9.17) is 4.55 Å². The van der Waals surface area contributed by atoms with Gasteiger partial charge in [0, 0.05) is 5.56 Å². The second-order valence-electron chi connectivity index (χ2n) is 3.62. The van der Waals surface area contributed by atoms with E-state index in [0.717, 1.165) is 12.1 Å². The van der Waals surface area contributed by atoms with Gasteiger partial charge in [-0.1, -0.05) is 30.3 Å². The summed E-state index contributed by atoms with van der Waals surface area (Å²) in [6.45, 7) is 0. The zero-order valence-corrected chi connectivity index (χ0v) is 10.2. The smallest absolute Gasteiger partial charge is 0.359 e. The molecule has 2 aromatic rings. The summed E-state index contributed by atoms with van der Waals surface area (Å²) in [5.41, 5.74) is 0.387. The molecule has 4 nitrogen and oxygen atoms in total. The summed E-state index contributed by atoms with van der Waals surface area (Å²) in [6, 6.07) is 10.2. The first kappa shape index (κ1) is 13.4. The molecule has 100 valence electrons. The van der Waals surface area contributed by atoms with Crippen molar-refractivity contribution in [1.82, 2.24) is 0 Å². The molecule has 0 heterocycles. The Balaban J connectivity index is 2.49. The molecule has 0 atom stereocenters. The molecular formula is C12H8F2O4S. The molecule has 0 unspecified atom stereocenters. The van der Waals surface area contributed by atoms with Crippen molar-refractivity contribution in [1.29, 1.82) is 0 Å². The second-order valence-corrected chi connectivity index (χ2v) is 4.64. The van der Waals surface area contributed by atoms with E-state index in [2.05, 4.69) is 4.18 Å². The molecule has 0 radical (unpaired) electrons. The quantitative estimate of drug-likeness (QED) is 0.881. The van der Waals surface area contributed by atoms with E-state index in [-0.39, 0.29) is 5.56 Å². The van der Waals surface area contributed by atoms with Crippen LogP contribution in [0.5, 0.6) is 5.75 Å². The number of halogens is 2. The SMILES string of the molecule is O=S(=O)(O)Oc1ccc(-c2ccccc2)c(F)c1F. The first-order chi connectivity index (χ1) is 8.88. The van der Waals surface area contributed by atoms with E-state index in [0.29, 0.717) is 5.56 Å². The van der Waals surface area contributed by atoms with Gasteiger partial charge in [-0.2, -0.15) is 12.8 Å². The molecule has 0 aliphatic rings. The van der Waals surface area contributed by atoms with Crippen molar-refractivity contribution in [2.24, 2.45) is 0 Å². The van der Waals surface area contributed by atoms with Crippen LogP contribution >= 0.6 is 0 Å². The highest BCUT2D eigenvalue weighted by molar-refractivity contribution is 7.81. The van der Waals surface area contributed by atoms with Crippen molar-refractivity contribution < 1.29 is 25.9 Å². The number of hydrogen-bond donors (Lipinski definition) is 1. The molecule has 0 amide bonds. The van der Waals surface area contributed by atoms with Gasteiger partial charge in [-0.25, -0.2) is 4.39 Å². The van der Waals surface area contributed by atoms with Gasteiger partial charge in [0.05, 0.1) is 0 Å². The zero-order chi connectivity index (χ0) is 14.0. The fourth-order valence-electron chi connectivity index (χ4n) is 1.55. The van der Waals surface area contributed by atoms with E-state index in [1.807, 2.05) is 0 Å². The van der Waals surface area contributed by atoms with Crippen LogP contribution in [0.1, 0.15) is 0 Å². The maximum Gasteiger partial charge on any atom is 0.446 e. The third-order valence-electron chi connectivity index (χ3n) is 2.33. The largest absolute Gasteiger partial charge is 0.446 e. The minimum absolute atomic E-state index is 0.0409. The Hall–Kier alpha value is -1.99. The van der Waals surface area contributed by atoms with Gasteiger partial charge in [-0.3, -0.25) is 4.55 Å². The Morgan fingerprint density at radius 3 is 2.16 bits per heavy atom. The third kappa shape index (κ3) is 3.07. The highest BCUT2D eigenvalue weighted by Gasteiger charge is 2.19. The van der Waals surface area contributed by atoms with Crippen LogP contribution in [-0.2, 0) is 10.4 Å². The van der Waals surface area contributed by atoms with Crippen LogP contribution in [0, 0.1) is 11.6 Å². The van der Waals surface area contributed by atoms with Crippen molar-refractivity contribution in [3.05, 3.63) is 54.1 Å². The van der Waals surface area contributed by atoms with Gasteiger partial charge < -0.3 is 4.18 Å². The van der Waals surface area contributed by atoms with E-state index in [1.54, 1.807) is 30.3 Å². The first-order valence-electron chi connectivity index (χ1n) is 5.09. The third-order valence-corrected chi connectivity index (χ3v) is 2.72. The van der Waals surface area contributed by atoms with Gasteiger partial charge in [0.1, 0.15) is 0 Å². The Morgan fingerprint density at radius 1 is 0.947 bits per heavy atom. The summed E-state index contributed by atoms with van der Waals surface area (Å²) >= 11 is 0. The summed E-state index contributed by atoms with van der Waals surface area (Å²) in [5.74, 6) is -3.65. The van der Waals surface area contributed by atoms with Crippen LogP contribution in [0.3, 0.4) is 0 Å². The zero-order valence-electron chi connectivity index (χ0n) is 9.38. The molecule has 0 aliphatic carbocycles. The maximum absolute atomic E-state index is 13.8. The van der Waals surface area contributed by atoms with E-state index < -0.39 is 27.8 Å². The lowest BCUT2D eigenvalue weighted by Gasteiger charge is -2.08. The Labute approximate surface area is 108 Å². The van der Waals surface area contributed by atoms with E-state index in [9.17, 15) is 17.2 Å². The normalized spacial score (nSPS) is 11.3. The van der Waals surface area contributed by atoms with Crippen molar-refractivity contribution in [2.75, 3.05) is 0 Å². The van der Waals surface area contributed by atoms with Gasteiger partial charge in [-0.15, -0.1) is 0 Å². The predicted molar refractivity (Wildman–Crippen MR) is 64.0 cm³/mol. The monoisotopic (exact) mass is 286 g/mol. The minimum Gasteiger partial charge on any atom is -0.359 e. The Bertz CT molecular complexity index is 699. The second kappa shape index (κ2) is 4.94. The van der Waals surface area contributed by atoms with Crippen LogP contribution in [0.15, 0.2) is 42.5 Å². The molecule has 2 aromatic carbocycles. The molecule has 0 bridgehead atoms. The van der Waals surface area contributed by atoms with Crippen LogP contribution in [0.4, 0.5) is 8.78 Å². The fraction of sp³-hybridized carbons (Fsp3) is 0. The predicted octanol–water partition coefficient (Wildman–Crippen LogP) is 2.81. The average Bonchev–Trinajstić information content (AvgIpc) is 2.35.